The predicted molar refractivity (Wildman–Crippen MR) is 169 cm³/mol. The van der Waals surface area contributed by atoms with Crippen LogP contribution in [0.3, 0.4) is 0 Å². The first-order valence-corrected chi connectivity index (χ1v) is 17.3. The lowest BCUT2D eigenvalue weighted by Crippen LogP contribution is -2.66. The average molecular weight is 556 g/mol. The molecule has 4 saturated carbocycles. The minimum atomic E-state index is 0.0628. The zero-order chi connectivity index (χ0) is 29.2. The van der Waals surface area contributed by atoms with Crippen molar-refractivity contribution in [3.05, 3.63) is 47.3 Å². The number of aromatic nitrogens is 3. The van der Waals surface area contributed by atoms with Crippen molar-refractivity contribution < 1.29 is 0 Å². The molecule has 3 heteroatoms. The van der Waals surface area contributed by atoms with Crippen molar-refractivity contribution in [2.45, 2.75) is 132 Å². The third-order valence-corrected chi connectivity index (χ3v) is 15.5. The van der Waals surface area contributed by atoms with Crippen LogP contribution >= 0.6 is 0 Å². The Kier molecular flexibility index (Phi) is 6.14. The molecule has 5 aliphatic rings. The summed E-state index contributed by atoms with van der Waals surface area (Å²) < 4.78 is 2.30. The third-order valence-electron chi connectivity index (χ3n) is 15.5. The Balaban J connectivity index is 1.27. The van der Waals surface area contributed by atoms with Gasteiger partial charge in [0.15, 0.2) is 0 Å². The Morgan fingerprint density at radius 2 is 1.51 bits per heavy atom. The van der Waals surface area contributed by atoms with Gasteiger partial charge in [0.25, 0.3) is 0 Å². The molecule has 224 valence electrons. The molecule has 1 aromatic heterocycles. The van der Waals surface area contributed by atoms with E-state index < -0.39 is 0 Å². The number of hydrogen-bond acceptors (Lipinski definition) is 2. The summed E-state index contributed by atoms with van der Waals surface area (Å²) in [4.78, 5) is 0. The second-order valence-corrected chi connectivity index (χ2v) is 17.6. The van der Waals surface area contributed by atoms with Crippen molar-refractivity contribution >= 4 is 0 Å². The Hall–Kier alpha value is -1.64. The number of hydrogen-bond donors (Lipinski definition) is 0. The molecule has 7 rings (SSSR count). The lowest BCUT2D eigenvalue weighted by atomic mass is 9.32. The summed E-state index contributed by atoms with van der Waals surface area (Å²) in [6.07, 6.45) is 12.6. The van der Waals surface area contributed by atoms with Crippen LogP contribution in [0.5, 0.6) is 0 Å². The van der Waals surface area contributed by atoms with Gasteiger partial charge in [0.2, 0.25) is 0 Å². The molecular weight excluding hydrogens is 498 g/mol. The highest BCUT2D eigenvalue weighted by molar-refractivity contribution is 5.33. The Morgan fingerprint density at radius 1 is 0.780 bits per heavy atom. The highest BCUT2D eigenvalue weighted by Gasteiger charge is 2.70. The first-order chi connectivity index (χ1) is 19.3. The molecule has 0 radical (unpaired) electrons. The molecule has 1 heterocycles. The maximum atomic E-state index is 4.99. The molecule has 41 heavy (non-hydrogen) atoms. The van der Waals surface area contributed by atoms with Gasteiger partial charge >= 0.3 is 0 Å². The maximum absolute atomic E-state index is 4.99. The van der Waals surface area contributed by atoms with Crippen molar-refractivity contribution in [3.8, 4) is 0 Å². The molecule has 5 aliphatic carbocycles. The zero-order valence-corrected chi connectivity index (χ0v) is 27.6. The Morgan fingerprint density at radius 3 is 2.22 bits per heavy atom. The van der Waals surface area contributed by atoms with E-state index in [1.165, 1.54) is 68.3 Å². The number of nitrogens with zero attached hydrogens (tertiary/aromatic N) is 3. The van der Waals surface area contributed by atoms with Gasteiger partial charge in [-0.2, -0.15) is 0 Å². The summed E-state index contributed by atoms with van der Waals surface area (Å²) in [6, 6.07) is 11.1. The first-order valence-electron chi connectivity index (χ1n) is 17.3. The molecule has 0 aliphatic heterocycles. The van der Waals surface area contributed by atoms with Crippen LogP contribution in [0.4, 0.5) is 0 Å². The van der Waals surface area contributed by atoms with Gasteiger partial charge in [-0.3, -0.25) is 0 Å². The fourth-order valence-electron chi connectivity index (χ4n) is 13.3. The molecule has 0 unspecified atom stereocenters. The highest BCUT2D eigenvalue weighted by Crippen LogP contribution is 2.77. The smallest absolute Gasteiger partial charge is 0.0870 e. The summed E-state index contributed by atoms with van der Waals surface area (Å²) in [5.41, 5.74) is 5.82. The lowest BCUT2D eigenvalue weighted by molar-refractivity contribution is -0.226. The second-order valence-electron chi connectivity index (χ2n) is 17.6. The van der Waals surface area contributed by atoms with E-state index in [1.54, 1.807) is 0 Å². The monoisotopic (exact) mass is 555 g/mol. The van der Waals surface area contributed by atoms with Crippen molar-refractivity contribution in [2.75, 3.05) is 0 Å². The molecule has 4 fully saturated rings. The number of fused-ring (bicyclic) bond motifs is 8. The highest BCUT2D eigenvalue weighted by atomic mass is 15.4. The van der Waals surface area contributed by atoms with Gasteiger partial charge in [-0.1, -0.05) is 90.9 Å². The SMILES string of the molecule is CC(C)[C@@H]1CC[C@]2(C)CC[C@]3(C)[C@H](CC[C@@H]4[C@@]5(C)Cc6nnn([C@@H](C)c7ccccc7)c6C(C)(C)[C@@H]5CC[C@]43C)[C@@H]12. The van der Waals surface area contributed by atoms with Crippen LogP contribution in [0.2, 0.25) is 0 Å². The van der Waals surface area contributed by atoms with E-state index in [-0.39, 0.29) is 16.9 Å². The average Bonchev–Trinajstić information content (AvgIpc) is 3.51. The Bertz CT molecular complexity index is 1310. The summed E-state index contributed by atoms with van der Waals surface area (Å²) in [5.74, 6) is 5.01. The van der Waals surface area contributed by atoms with Crippen LogP contribution in [0, 0.1) is 57.2 Å². The fraction of sp³-hybridized carbons (Fsp3) is 0.789. The van der Waals surface area contributed by atoms with Gasteiger partial charge in [0, 0.05) is 5.41 Å². The summed E-state index contributed by atoms with van der Waals surface area (Å²) >= 11 is 0. The molecule has 1 aromatic carbocycles. The van der Waals surface area contributed by atoms with Crippen LogP contribution in [-0.2, 0) is 11.8 Å². The Labute approximate surface area is 250 Å². The van der Waals surface area contributed by atoms with Gasteiger partial charge in [-0.25, -0.2) is 4.68 Å². The molecule has 0 bridgehead atoms. The van der Waals surface area contributed by atoms with Crippen LogP contribution in [0.25, 0.3) is 0 Å². The van der Waals surface area contributed by atoms with Crippen LogP contribution < -0.4 is 0 Å². The standard InChI is InChI=1S/C38H57N3/c1-24(2)27-17-19-35(6)21-22-37(8)28(32(27)35)15-16-31-36(7)23-29-33(34(4,5)30(36)18-20-38(31,37)9)41(40-39-29)25(3)26-13-11-10-12-14-26/h10-14,24-25,27-28,30-32H,15-23H2,1-9H3/t25-,27-,28+,30-,31+,32+,35+,36-,37+,38+/m0/s1. The maximum Gasteiger partial charge on any atom is 0.0870 e. The minimum Gasteiger partial charge on any atom is -0.241 e. The van der Waals surface area contributed by atoms with Gasteiger partial charge in [-0.05, 0) is 127 Å². The van der Waals surface area contributed by atoms with Crippen LogP contribution in [-0.4, -0.2) is 15.0 Å². The van der Waals surface area contributed by atoms with E-state index in [1.807, 2.05) is 0 Å². The molecule has 0 N–H and O–H groups in total. The van der Waals surface area contributed by atoms with Crippen molar-refractivity contribution in [1.82, 2.24) is 15.0 Å². The summed E-state index contributed by atoms with van der Waals surface area (Å²) in [5, 5.41) is 9.88. The van der Waals surface area contributed by atoms with E-state index >= 15 is 0 Å². The van der Waals surface area contributed by atoms with Gasteiger partial charge in [0.05, 0.1) is 17.4 Å². The molecule has 0 spiro atoms. The van der Waals surface area contributed by atoms with E-state index in [2.05, 4.69) is 97.3 Å². The molecular formula is C38H57N3. The van der Waals surface area contributed by atoms with E-state index in [9.17, 15) is 0 Å². The summed E-state index contributed by atoms with van der Waals surface area (Å²) in [7, 11) is 0. The van der Waals surface area contributed by atoms with Crippen LogP contribution in [0.1, 0.15) is 137 Å². The van der Waals surface area contributed by atoms with Crippen molar-refractivity contribution in [1.29, 1.82) is 0 Å². The summed E-state index contributed by atoms with van der Waals surface area (Å²) in [6.45, 7) is 23.4. The van der Waals surface area contributed by atoms with Gasteiger partial charge in [0.1, 0.15) is 0 Å². The van der Waals surface area contributed by atoms with Crippen molar-refractivity contribution in [2.24, 2.45) is 57.2 Å². The minimum absolute atomic E-state index is 0.0628. The molecule has 0 saturated heterocycles. The number of rotatable bonds is 3. The topological polar surface area (TPSA) is 30.7 Å². The first kappa shape index (κ1) is 28.1. The van der Waals surface area contributed by atoms with Gasteiger partial charge in [-0.15, -0.1) is 5.10 Å². The quantitative estimate of drug-likeness (QED) is 0.377. The molecule has 3 nitrogen and oxygen atoms in total. The van der Waals surface area contributed by atoms with E-state index in [0.717, 1.165) is 36.0 Å². The molecule has 10 atom stereocenters. The van der Waals surface area contributed by atoms with E-state index in [0.29, 0.717) is 22.2 Å². The predicted octanol–water partition coefficient (Wildman–Crippen LogP) is 9.66. The zero-order valence-electron chi connectivity index (χ0n) is 27.6. The van der Waals surface area contributed by atoms with Crippen LogP contribution in [0.15, 0.2) is 30.3 Å². The molecule has 0 amide bonds. The third kappa shape index (κ3) is 3.56. The van der Waals surface area contributed by atoms with Gasteiger partial charge < -0.3 is 0 Å². The van der Waals surface area contributed by atoms with E-state index in [4.69, 9.17) is 10.3 Å². The second kappa shape index (κ2) is 8.95. The fourth-order valence-corrected chi connectivity index (χ4v) is 13.3. The number of benzene rings is 1. The lowest BCUT2D eigenvalue weighted by Gasteiger charge is -2.72. The normalized spacial score (nSPS) is 45.3. The molecule has 2 aromatic rings. The van der Waals surface area contributed by atoms with Crippen molar-refractivity contribution in [3.63, 3.8) is 0 Å². The largest absolute Gasteiger partial charge is 0.241 e.